The van der Waals surface area contributed by atoms with Gasteiger partial charge in [-0.25, -0.2) is 4.99 Å². The number of hydrogen-bond acceptors (Lipinski definition) is 2. The highest BCUT2D eigenvalue weighted by Gasteiger charge is 2.28. The van der Waals surface area contributed by atoms with E-state index >= 15 is 0 Å². The molecular weight excluding hydrogens is 250 g/mol. The van der Waals surface area contributed by atoms with Crippen LogP contribution in [0.2, 0.25) is 0 Å². The number of ether oxygens (including phenoxy) is 1. The van der Waals surface area contributed by atoms with Crippen molar-refractivity contribution in [2.75, 3.05) is 7.11 Å². The van der Waals surface area contributed by atoms with Gasteiger partial charge in [0.15, 0.2) is 0 Å². The molecule has 0 spiro atoms. The summed E-state index contributed by atoms with van der Waals surface area (Å²) < 4.78 is 5.20. The SMILES string of the molecule is COc1ccccc1C(=O)N=CC1(C)CCC(C)CC1. The van der Waals surface area contributed by atoms with Crippen molar-refractivity contribution in [3.05, 3.63) is 29.8 Å². The van der Waals surface area contributed by atoms with Crippen LogP contribution in [0.25, 0.3) is 0 Å². The number of methoxy groups -OCH3 is 1. The first kappa shape index (κ1) is 14.8. The van der Waals surface area contributed by atoms with Gasteiger partial charge in [0.05, 0.1) is 12.7 Å². The first-order chi connectivity index (χ1) is 9.54. The standard InChI is InChI=1S/C17H23NO2/c1-13-8-10-17(2,11-9-13)12-18-16(19)14-6-4-5-7-15(14)20-3/h4-7,12-13H,8-11H2,1-3H3. The molecule has 1 fully saturated rings. The minimum Gasteiger partial charge on any atom is -0.496 e. The van der Waals surface area contributed by atoms with E-state index in [-0.39, 0.29) is 11.3 Å². The third-order valence-electron chi connectivity index (χ3n) is 4.25. The topological polar surface area (TPSA) is 38.7 Å². The number of para-hydroxylation sites is 1. The largest absolute Gasteiger partial charge is 0.496 e. The van der Waals surface area contributed by atoms with Gasteiger partial charge in [0.25, 0.3) is 5.91 Å². The Hall–Kier alpha value is -1.64. The van der Waals surface area contributed by atoms with E-state index in [1.54, 1.807) is 19.2 Å². The molecule has 1 aliphatic carbocycles. The van der Waals surface area contributed by atoms with Crippen LogP contribution in [0.15, 0.2) is 29.3 Å². The van der Waals surface area contributed by atoms with Crippen LogP contribution in [0.5, 0.6) is 5.75 Å². The van der Waals surface area contributed by atoms with E-state index in [1.807, 2.05) is 18.3 Å². The molecule has 0 unspecified atom stereocenters. The summed E-state index contributed by atoms with van der Waals surface area (Å²) in [5.41, 5.74) is 0.587. The summed E-state index contributed by atoms with van der Waals surface area (Å²) in [5.74, 6) is 1.15. The Morgan fingerprint density at radius 1 is 1.35 bits per heavy atom. The van der Waals surface area contributed by atoms with Crippen molar-refractivity contribution in [1.29, 1.82) is 0 Å². The van der Waals surface area contributed by atoms with Gasteiger partial charge in [-0.3, -0.25) is 4.79 Å². The van der Waals surface area contributed by atoms with Gasteiger partial charge in [-0.05, 0) is 43.7 Å². The average molecular weight is 273 g/mol. The van der Waals surface area contributed by atoms with Crippen LogP contribution in [0.1, 0.15) is 49.9 Å². The zero-order valence-corrected chi connectivity index (χ0v) is 12.6. The lowest BCUT2D eigenvalue weighted by Crippen LogP contribution is -2.25. The van der Waals surface area contributed by atoms with Crippen LogP contribution in [0.3, 0.4) is 0 Å². The molecule has 1 amide bonds. The fraction of sp³-hybridized carbons (Fsp3) is 0.529. The highest BCUT2D eigenvalue weighted by Crippen LogP contribution is 2.37. The molecule has 3 nitrogen and oxygen atoms in total. The maximum atomic E-state index is 12.2. The zero-order valence-electron chi connectivity index (χ0n) is 12.6. The number of aliphatic imine (C=N–C) groups is 1. The molecule has 0 aliphatic heterocycles. The fourth-order valence-electron chi connectivity index (χ4n) is 2.66. The summed E-state index contributed by atoms with van der Waals surface area (Å²) in [6.45, 7) is 4.48. The molecule has 20 heavy (non-hydrogen) atoms. The van der Waals surface area contributed by atoms with Crippen molar-refractivity contribution in [2.45, 2.75) is 39.5 Å². The zero-order chi connectivity index (χ0) is 14.6. The number of benzene rings is 1. The summed E-state index contributed by atoms with van der Waals surface area (Å²) in [6.07, 6.45) is 6.50. The Kier molecular flexibility index (Phi) is 4.58. The number of hydrogen-bond donors (Lipinski definition) is 0. The van der Waals surface area contributed by atoms with Gasteiger partial charge >= 0.3 is 0 Å². The second kappa shape index (κ2) is 6.21. The Bertz CT molecular complexity index is 499. The molecule has 0 heterocycles. The highest BCUT2D eigenvalue weighted by atomic mass is 16.5. The van der Waals surface area contributed by atoms with E-state index < -0.39 is 0 Å². The molecule has 108 valence electrons. The molecule has 1 saturated carbocycles. The summed E-state index contributed by atoms with van der Waals surface area (Å²) in [4.78, 5) is 16.4. The van der Waals surface area contributed by atoms with Gasteiger partial charge in [-0.1, -0.05) is 26.0 Å². The summed E-state index contributed by atoms with van der Waals surface area (Å²) in [6, 6.07) is 7.22. The number of carbonyl (C=O) groups is 1. The Morgan fingerprint density at radius 3 is 2.65 bits per heavy atom. The maximum absolute atomic E-state index is 12.2. The van der Waals surface area contributed by atoms with E-state index in [2.05, 4.69) is 18.8 Å². The van der Waals surface area contributed by atoms with Gasteiger partial charge in [0.1, 0.15) is 5.75 Å². The smallest absolute Gasteiger partial charge is 0.280 e. The Balaban J connectivity index is 2.09. The van der Waals surface area contributed by atoms with Crippen LogP contribution in [-0.4, -0.2) is 19.2 Å². The average Bonchev–Trinajstić information content (AvgIpc) is 2.48. The molecule has 1 aliphatic rings. The van der Waals surface area contributed by atoms with Crippen molar-refractivity contribution in [3.8, 4) is 5.75 Å². The Labute approximate surface area is 121 Å². The van der Waals surface area contributed by atoms with E-state index in [4.69, 9.17) is 4.74 Å². The van der Waals surface area contributed by atoms with E-state index in [0.717, 1.165) is 18.8 Å². The third-order valence-corrected chi connectivity index (χ3v) is 4.25. The molecule has 0 aromatic heterocycles. The van der Waals surface area contributed by atoms with Crippen LogP contribution < -0.4 is 4.74 Å². The van der Waals surface area contributed by atoms with Crippen LogP contribution >= 0.6 is 0 Å². The number of nitrogens with zero attached hydrogens (tertiary/aromatic N) is 1. The van der Waals surface area contributed by atoms with Crippen LogP contribution in [-0.2, 0) is 0 Å². The molecule has 2 rings (SSSR count). The van der Waals surface area contributed by atoms with Gasteiger partial charge in [-0.15, -0.1) is 0 Å². The summed E-state index contributed by atoms with van der Waals surface area (Å²) in [7, 11) is 1.57. The van der Waals surface area contributed by atoms with Gasteiger partial charge < -0.3 is 4.74 Å². The van der Waals surface area contributed by atoms with Crippen LogP contribution in [0.4, 0.5) is 0 Å². The lowest BCUT2D eigenvalue weighted by molar-refractivity contribution is 0.0998. The highest BCUT2D eigenvalue weighted by molar-refractivity contribution is 6.01. The second-order valence-electron chi connectivity index (χ2n) is 6.10. The maximum Gasteiger partial charge on any atom is 0.280 e. The summed E-state index contributed by atoms with van der Waals surface area (Å²) in [5, 5.41) is 0. The molecule has 0 radical (unpaired) electrons. The van der Waals surface area contributed by atoms with E-state index in [0.29, 0.717) is 11.3 Å². The predicted molar refractivity (Wildman–Crippen MR) is 81.6 cm³/mol. The first-order valence-corrected chi connectivity index (χ1v) is 7.27. The molecule has 0 saturated heterocycles. The lowest BCUT2D eigenvalue weighted by atomic mass is 9.73. The molecule has 0 atom stereocenters. The quantitative estimate of drug-likeness (QED) is 0.777. The molecule has 0 bridgehead atoms. The van der Waals surface area contributed by atoms with E-state index in [1.165, 1.54) is 12.8 Å². The minimum atomic E-state index is -0.220. The first-order valence-electron chi connectivity index (χ1n) is 7.27. The van der Waals surface area contributed by atoms with Crippen molar-refractivity contribution >= 4 is 12.1 Å². The molecule has 0 N–H and O–H groups in total. The normalized spacial score (nSPS) is 26.6. The predicted octanol–water partition coefficient (Wildman–Crippen LogP) is 4.12. The van der Waals surface area contributed by atoms with Crippen molar-refractivity contribution in [2.24, 2.45) is 16.3 Å². The van der Waals surface area contributed by atoms with Gasteiger partial charge in [0, 0.05) is 11.6 Å². The summed E-state index contributed by atoms with van der Waals surface area (Å²) >= 11 is 0. The van der Waals surface area contributed by atoms with Gasteiger partial charge in [0.2, 0.25) is 0 Å². The monoisotopic (exact) mass is 273 g/mol. The number of rotatable bonds is 3. The van der Waals surface area contributed by atoms with E-state index in [9.17, 15) is 4.79 Å². The van der Waals surface area contributed by atoms with Gasteiger partial charge in [-0.2, -0.15) is 0 Å². The van der Waals surface area contributed by atoms with Crippen LogP contribution in [0, 0.1) is 11.3 Å². The number of amides is 1. The third kappa shape index (κ3) is 3.47. The van der Waals surface area contributed by atoms with Crippen molar-refractivity contribution < 1.29 is 9.53 Å². The molecule has 1 aromatic rings. The lowest BCUT2D eigenvalue weighted by Gasteiger charge is -2.32. The van der Waals surface area contributed by atoms with Crippen molar-refractivity contribution in [1.82, 2.24) is 0 Å². The molecule has 3 heteroatoms. The fourth-order valence-corrected chi connectivity index (χ4v) is 2.66. The Morgan fingerprint density at radius 2 is 2.00 bits per heavy atom. The second-order valence-corrected chi connectivity index (χ2v) is 6.10. The number of carbonyl (C=O) groups excluding carboxylic acids is 1. The van der Waals surface area contributed by atoms with Crippen molar-refractivity contribution in [3.63, 3.8) is 0 Å². The molecular formula is C17H23NO2. The minimum absolute atomic E-state index is 0.0597. The molecule has 1 aromatic carbocycles.